The monoisotopic (exact) mass is 389 g/mol. The van der Waals surface area contributed by atoms with Gasteiger partial charge in [-0.2, -0.15) is 0 Å². The summed E-state index contributed by atoms with van der Waals surface area (Å²) >= 11 is 0. The highest BCUT2D eigenvalue weighted by Crippen LogP contribution is 2.30. The molecule has 3 fully saturated rings. The first kappa shape index (κ1) is 18.7. The number of hydrogen-bond acceptors (Lipinski definition) is 4. The molecule has 2 aliphatic carbocycles. The summed E-state index contributed by atoms with van der Waals surface area (Å²) in [5, 5.41) is 3.06. The Balaban J connectivity index is 1.26. The van der Waals surface area contributed by atoms with Crippen molar-refractivity contribution in [1.29, 1.82) is 0 Å². The van der Waals surface area contributed by atoms with Crippen LogP contribution in [0.5, 0.6) is 0 Å². The average molecular weight is 390 g/mol. The molecule has 1 unspecified atom stereocenters. The minimum absolute atomic E-state index is 0.0917. The number of likely N-dealkylation sites (tertiary alicyclic amines) is 1. The SMILES string of the molecule is O=C(C=Cc1ccc(S(=O)(=O)NC2CC2)cc1)NC1CCN(CC2CC2)C1. The lowest BCUT2D eigenvalue weighted by molar-refractivity contribution is -0.117. The molecule has 1 aromatic rings. The topological polar surface area (TPSA) is 78.5 Å². The van der Waals surface area contributed by atoms with Crippen molar-refractivity contribution in [1.82, 2.24) is 14.9 Å². The van der Waals surface area contributed by atoms with Gasteiger partial charge in [0.15, 0.2) is 0 Å². The van der Waals surface area contributed by atoms with E-state index in [9.17, 15) is 13.2 Å². The van der Waals surface area contributed by atoms with Gasteiger partial charge in [-0.05, 0) is 61.8 Å². The molecule has 1 heterocycles. The van der Waals surface area contributed by atoms with E-state index in [0.29, 0.717) is 0 Å². The van der Waals surface area contributed by atoms with Gasteiger partial charge in [0.1, 0.15) is 0 Å². The molecule has 6 nitrogen and oxygen atoms in total. The van der Waals surface area contributed by atoms with Crippen molar-refractivity contribution in [2.45, 2.75) is 49.1 Å². The Morgan fingerprint density at radius 3 is 2.48 bits per heavy atom. The normalized spacial score (nSPS) is 23.8. The molecule has 0 radical (unpaired) electrons. The van der Waals surface area contributed by atoms with Crippen molar-refractivity contribution in [3.05, 3.63) is 35.9 Å². The lowest BCUT2D eigenvalue weighted by Crippen LogP contribution is -2.36. The number of hydrogen-bond donors (Lipinski definition) is 2. The van der Waals surface area contributed by atoms with E-state index in [1.807, 2.05) is 0 Å². The molecular weight excluding hydrogens is 362 g/mol. The largest absolute Gasteiger partial charge is 0.348 e. The first-order chi connectivity index (χ1) is 13.0. The summed E-state index contributed by atoms with van der Waals surface area (Å²) in [6.07, 6.45) is 8.78. The molecule has 0 bridgehead atoms. The highest BCUT2D eigenvalue weighted by Gasteiger charge is 2.29. The Morgan fingerprint density at radius 1 is 1.07 bits per heavy atom. The van der Waals surface area contributed by atoms with Gasteiger partial charge in [0.2, 0.25) is 15.9 Å². The lowest BCUT2D eigenvalue weighted by atomic mass is 10.2. The van der Waals surface area contributed by atoms with Gasteiger partial charge in [0.05, 0.1) is 4.90 Å². The van der Waals surface area contributed by atoms with Crippen LogP contribution in [0.2, 0.25) is 0 Å². The number of benzene rings is 1. The number of carbonyl (C=O) groups excluding carboxylic acids is 1. The van der Waals surface area contributed by atoms with Crippen LogP contribution in [0, 0.1) is 5.92 Å². The van der Waals surface area contributed by atoms with Crippen LogP contribution in [0.25, 0.3) is 6.08 Å². The van der Waals surface area contributed by atoms with Crippen LogP contribution < -0.4 is 10.0 Å². The third-order valence-electron chi connectivity index (χ3n) is 5.35. The Kier molecular flexibility index (Phi) is 5.34. The number of nitrogens with one attached hydrogen (secondary N) is 2. The standard InChI is InChI=1S/C20H27N3O3S/c24-20(21-18-11-12-23(14-18)13-16-1-2-16)10-5-15-3-8-19(9-4-15)27(25,26)22-17-6-7-17/h3-5,8-10,16-18,22H,1-2,6-7,11-14H2,(H,21,24). The molecule has 0 aromatic heterocycles. The van der Waals surface area contributed by atoms with Crippen LogP contribution in [-0.4, -0.2) is 50.9 Å². The second-order valence-corrected chi connectivity index (χ2v) is 9.71. The minimum atomic E-state index is -3.43. The van der Waals surface area contributed by atoms with Gasteiger partial charge in [-0.15, -0.1) is 0 Å². The molecule has 0 spiro atoms. The third kappa shape index (κ3) is 5.40. The van der Waals surface area contributed by atoms with Crippen molar-refractivity contribution in [2.24, 2.45) is 5.92 Å². The summed E-state index contributed by atoms with van der Waals surface area (Å²) in [4.78, 5) is 14.9. The molecule has 2 saturated carbocycles. The molecule has 2 N–H and O–H groups in total. The maximum Gasteiger partial charge on any atom is 0.244 e. The average Bonchev–Trinajstić information content (AvgIpc) is 3.55. The zero-order valence-corrected chi connectivity index (χ0v) is 16.2. The Labute approximate surface area is 161 Å². The second-order valence-electron chi connectivity index (χ2n) is 8.00. The van der Waals surface area contributed by atoms with Crippen molar-refractivity contribution in [2.75, 3.05) is 19.6 Å². The quantitative estimate of drug-likeness (QED) is 0.664. The van der Waals surface area contributed by atoms with E-state index < -0.39 is 10.0 Å². The van der Waals surface area contributed by atoms with Crippen LogP contribution in [0.4, 0.5) is 0 Å². The maximum atomic E-state index is 12.2. The van der Waals surface area contributed by atoms with E-state index in [2.05, 4.69) is 14.9 Å². The molecule has 1 atom stereocenters. The molecule has 1 aromatic carbocycles. The number of rotatable bonds is 8. The summed E-state index contributed by atoms with van der Waals surface area (Å²) < 4.78 is 27.0. The first-order valence-corrected chi connectivity index (χ1v) is 11.3. The van der Waals surface area contributed by atoms with Crippen molar-refractivity contribution in [3.63, 3.8) is 0 Å². The van der Waals surface area contributed by atoms with Gasteiger partial charge in [0, 0.05) is 37.8 Å². The van der Waals surface area contributed by atoms with E-state index in [0.717, 1.165) is 43.8 Å². The zero-order valence-electron chi connectivity index (χ0n) is 15.4. The summed E-state index contributed by atoms with van der Waals surface area (Å²) in [7, 11) is -3.43. The Hall–Kier alpha value is -1.70. The van der Waals surface area contributed by atoms with Crippen LogP contribution in [0.15, 0.2) is 35.2 Å². The number of carbonyl (C=O) groups is 1. The smallest absolute Gasteiger partial charge is 0.244 e. The Morgan fingerprint density at radius 2 is 1.81 bits per heavy atom. The summed E-state index contributed by atoms with van der Waals surface area (Å²) in [5.74, 6) is 0.783. The van der Waals surface area contributed by atoms with Crippen molar-refractivity contribution >= 4 is 22.0 Å². The number of nitrogens with zero attached hydrogens (tertiary/aromatic N) is 1. The van der Waals surface area contributed by atoms with E-state index in [1.54, 1.807) is 30.3 Å². The van der Waals surface area contributed by atoms with Gasteiger partial charge in [-0.1, -0.05) is 12.1 Å². The van der Waals surface area contributed by atoms with Crippen molar-refractivity contribution < 1.29 is 13.2 Å². The van der Waals surface area contributed by atoms with E-state index >= 15 is 0 Å². The maximum absolute atomic E-state index is 12.2. The van der Waals surface area contributed by atoms with Gasteiger partial charge in [-0.25, -0.2) is 13.1 Å². The molecule has 146 valence electrons. The molecule has 7 heteroatoms. The van der Waals surface area contributed by atoms with Crippen LogP contribution >= 0.6 is 0 Å². The zero-order chi connectivity index (χ0) is 18.9. The third-order valence-corrected chi connectivity index (χ3v) is 6.89. The fourth-order valence-corrected chi connectivity index (χ4v) is 4.75. The molecule has 1 amide bonds. The van der Waals surface area contributed by atoms with Crippen LogP contribution in [0.3, 0.4) is 0 Å². The van der Waals surface area contributed by atoms with E-state index in [4.69, 9.17) is 0 Å². The number of amides is 1. The van der Waals surface area contributed by atoms with Gasteiger partial charge in [-0.3, -0.25) is 4.79 Å². The number of sulfonamides is 1. The predicted octanol–water partition coefficient (Wildman–Crippen LogP) is 1.74. The second kappa shape index (κ2) is 7.73. The highest BCUT2D eigenvalue weighted by atomic mass is 32.2. The molecule has 4 rings (SSSR count). The minimum Gasteiger partial charge on any atom is -0.348 e. The van der Waals surface area contributed by atoms with E-state index in [1.165, 1.54) is 25.5 Å². The predicted molar refractivity (Wildman–Crippen MR) is 105 cm³/mol. The summed E-state index contributed by atoms with van der Waals surface area (Å²) in [5.41, 5.74) is 0.803. The summed E-state index contributed by atoms with van der Waals surface area (Å²) in [6.45, 7) is 3.18. The fraction of sp³-hybridized carbons (Fsp3) is 0.550. The molecule has 27 heavy (non-hydrogen) atoms. The van der Waals surface area contributed by atoms with Gasteiger partial charge in [0.25, 0.3) is 0 Å². The van der Waals surface area contributed by atoms with Gasteiger partial charge < -0.3 is 10.2 Å². The van der Waals surface area contributed by atoms with E-state index in [-0.39, 0.29) is 22.9 Å². The molecule has 1 aliphatic heterocycles. The summed E-state index contributed by atoms with van der Waals surface area (Å²) in [6, 6.07) is 6.91. The van der Waals surface area contributed by atoms with Crippen molar-refractivity contribution in [3.8, 4) is 0 Å². The molecule has 1 saturated heterocycles. The Bertz CT molecular complexity index is 811. The van der Waals surface area contributed by atoms with Crippen LogP contribution in [0.1, 0.15) is 37.7 Å². The van der Waals surface area contributed by atoms with Gasteiger partial charge >= 0.3 is 0 Å². The highest BCUT2D eigenvalue weighted by molar-refractivity contribution is 7.89. The molecule has 3 aliphatic rings. The molecular formula is C20H27N3O3S. The first-order valence-electron chi connectivity index (χ1n) is 9.81. The lowest BCUT2D eigenvalue weighted by Gasteiger charge is -2.15. The van der Waals surface area contributed by atoms with Crippen LogP contribution in [-0.2, 0) is 14.8 Å². The fourth-order valence-electron chi connectivity index (χ4n) is 3.45.